The maximum absolute atomic E-state index is 12.7. The van der Waals surface area contributed by atoms with Gasteiger partial charge >= 0.3 is 0 Å². The number of aromatic nitrogens is 1. The average Bonchev–Trinajstić information content (AvgIpc) is 2.58. The van der Waals surface area contributed by atoms with Gasteiger partial charge in [-0.2, -0.15) is 0 Å². The molecule has 0 aliphatic carbocycles. The number of nitrogens with one attached hydrogen (secondary N) is 1. The van der Waals surface area contributed by atoms with Crippen LogP contribution in [0.3, 0.4) is 0 Å². The molecule has 1 fully saturated rings. The van der Waals surface area contributed by atoms with Crippen LogP contribution < -0.4 is 5.32 Å². The molecule has 3 rings (SSSR count). The molecule has 0 bridgehead atoms. The summed E-state index contributed by atoms with van der Waals surface area (Å²) in [6.45, 7) is 7.31. The molecule has 0 radical (unpaired) electrons. The van der Waals surface area contributed by atoms with Gasteiger partial charge in [0, 0.05) is 32.4 Å². The van der Waals surface area contributed by atoms with Crippen LogP contribution in [0.1, 0.15) is 21.5 Å². The number of benzene rings is 1. The number of halogens is 1. The summed E-state index contributed by atoms with van der Waals surface area (Å²) in [5.41, 5.74) is 4.37. The quantitative estimate of drug-likeness (QED) is 0.912. The minimum absolute atomic E-state index is 0.0241. The predicted molar refractivity (Wildman–Crippen MR) is 102 cm³/mol. The van der Waals surface area contributed by atoms with E-state index in [-0.39, 0.29) is 5.91 Å². The average molecular weight is 359 g/mol. The number of rotatable bonds is 3. The topological polar surface area (TPSA) is 48.5 Å². The zero-order valence-electron chi connectivity index (χ0n) is 14.8. The van der Waals surface area contributed by atoms with Gasteiger partial charge in [0.2, 0.25) is 0 Å². The third kappa shape index (κ3) is 4.11. The number of carbonyl (C=O) groups excluding carboxylic acids is 1. The first-order chi connectivity index (χ1) is 11.9. The lowest BCUT2D eigenvalue weighted by atomic mass is 10.1. The molecule has 0 unspecified atom stereocenters. The van der Waals surface area contributed by atoms with E-state index in [0.29, 0.717) is 10.6 Å². The Balaban J connectivity index is 1.79. The number of amides is 1. The Kier molecular flexibility index (Phi) is 5.25. The molecule has 2 heterocycles. The van der Waals surface area contributed by atoms with E-state index in [1.54, 1.807) is 12.4 Å². The molecule has 6 heteroatoms. The fourth-order valence-corrected chi connectivity index (χ4v) is 3.40. The summed E-state index contributed by atoms with van der Waals surface area (Å²) < 4.78 is 0. The van der Waals surface area contributed by atoms with E-state index in [0.717, 1.165) is 48.7 Å². The molecule has 0 spiro atoms. The van der Waals surface area contributed by atoms with E-state index in [1.807, 2.05) is 30.9 Å². The van der Waals surface area contributed by atoms with E-state index in [2.05, 4.69) is 28.3 Å². The predicted octanol–water partition coefficient (Wildman–Crippen LogP) is 3.48. The molecular weight excluding hydrogens is 336 g/mol. The Morgan fingerprint density at radius 3 is 2.52 bits per heavy atom. The van der Waals surface area contributed by atoms with Gasteiger partial charge in [-0.15, -0.1) is 0 Å². The molecular formula is C19H23ClN4O. The Hall–Kier alpha value is -2.11. The van der Waals surface area contributed by atoms with E-state index in [9.17, 15) is 4.79 Å². The lowest BCUT2D eigenvalue weighted by Gasteiger charge is -2.32. The van der Waals surface area contributed by atoms with Crippen LogP contribution in [0.25, 0.3) is 0 Å². The fourth-order valence-electron chi connectivity index (χ4n) is 3.04. The molecule has 1 aromatic heterocycles. The van der Waals surface area contributed by atoms with Crippen molar-refractivity contribution in [2.24, 2.45) is 0 Å². The van der Waals surface area contributed by atoms with E-state index >= 15 is 0 Å². The van der Waals surface area contributed by atoms with E-state index in [4.69, 9.17) is 11.6 Å². The summed E-state index contributed by atoms with van der Waals surface area (Å²) in [4.78, 5) is 21.0. The highest BCUT2D eigenvalue weighted by atomic mass is 35.5. The highest BCUT2D eigenvalue weighted by Crippen LogP contribution is 2.30. The molecule has 1 aliphatic heterocycles. The Bertz CT molecular complexity index is 762. The van der Waals surface area contributed by atoms with Crippen LogP contribution in [0.4, 0.5) is 11.4 Å². The number of hydrogen-bond donors (Lipinski definition) is 1. The van der Waals surface area contributed by atoms with Gasteiger partial charge in [0.25, 0.3) is 5.91 Å². The number of carbonyl (C=O) groups is 1. The summed E-state index contributed by atoms with van der Waals surface area (Å²) in [6.07, 6.45) is 3.33. The van der Waals surface area contributed by atoms with E-state index < -0.39 is 0 Å². The number of piperazine rings is 1. The molecule has 1 amide bonds. The molecule has 1 saturated heterocycles. The zero-order valence-corrected chi connectivity index (χ0v) is 15.6. The minimum Gasteiger partial charge on any atom is -0.353 e. The van der Waals surface area contributed by atoms with Crippen LogP contribution in [-0.2, 0) is 0 Å². The van der Waals surface area contributed by atoms with Gasteiger partial charge in [-0.3, -0.25) is 9.78 Å². The second-order valence-corrected chi connectivity index (χ2v) is 7.03. The first-order valence-electron chi connectivity index (χ1n) is 8.40. The third-order valence-electron chi connectivity index (χ3n) is 4.48. The van der Waals surface area contributed by atoms with Crippen molar-refractivity contribution >= 4 is 28.9 Å². The first kappa shape index (κ1) is 17.7. The second-order valence-electron chi connectivity index (χ2n) is 6.62. The number of hydrogen-bond acceptors (Lipinski definition) is 4. The van der Waals surface area contributed by atoms with Gasteiger partial charge in [0.15, 0.2) is 0 Å². The normalized spacial score (nSPS) is 15.3. The third-order valence-corrected chi connectivity index (χ3v) is 4.77. The highest BCUT2D eigenvalue weighted by Gasteiger charge is 2.21. The van der Waals surface area contributed by atoms with Crippen LogP contribution in [-0.4, -0.2) is 53.9 Å². The van der Waals surface area contributed by atoms with Crippen LogP contribution in [0.2, 0.25) is 5.02 Å². The van der Waals surface area contributed by atoms with Crippen molar-refractivity contribution in [1.82, 2.24) is 14.8 Å². The smallest absolute Gasteiger partial charge is 0.255 e. The SMILES string of the molecule is Cc1cc(C)c(Nc2cncc(C(=O)N3CCN(C)CC3)c2)c(Cl)c1. The lowest BCUT2D eigenvalue weighted by molar-refractivity contribution is 0.0663. The van der Waals surface area contributed by atoms with Crippen molar-refractivity contribution < 1.29 is 4.79 Å². The molecule has 1 N–H and O–H groups in total. The first-order valence-corrected chi connectivity index (χ1v) is 8.78. The number of likely N-dealkylation sites (N-methyl/N-ethyl adjacent to an activating group) is 1. The molecule has 1 aliphatic rings. The van der Waals surface area contributed by atoms with Crippen LogP contribution in [0, 0.1) is 13.8 Å². The summed E-state index contributed by atoms with van der Waals surface area (Å²) in [5, 5.41) is 3.96. The van der Waals surface area contributed by atoms with Crippen molar-refractivity contribution in [3.05, 3.63) is 52.3 Å². The fraction of sp³-hybridized carbons (Fsp3) is 0.368. The minimum atomic E-state index is 0.0241. The number of anilines is 2. The van der Waals surface area contributed by atoms with Gasteiger partial charge in [0.1, 0.15) is 0 Å². The second kappa shape index (κ2) is 7.42. The van der Waals surface area contributed by atoms with Crippen molar-refractivity contribution in [2.75, 3.05) is 38.5 Å². The highest BCUT2D eigenvalue weighted by molar-refractivity contribution is 6.33. The molecule has 1 aromatic carbocycles. The summed E-state index contributed by atoms with van der Waals surface area (Å²) >= 11 is 6.36. The van der Waals surface area contributed by atoms with Crippen molar-refractivity contribution in [1.29, 1.82) is 0 Å². The molecule has 132 valence electrons. The van der Waals surface area contributed by atoms with Gasteiger partial charge in [0.05, 0.1) is 28.2 Å². The lowest BCUT2D eigenvalue weighted by Crippen LogP contribution is -2.47. The van der Waals surface area contributed by atoms with Crippen molar-refractivity contribution in [3.8, 4) is 0 Å². The summed E-state index contributed by atoms with van der Waals surface area (Å²) in [7, 11) is 2.07. The summed E-state index contributed by atoms with van der Waals surface area (Å²) in [5.74, 6) is 0.0241. The Morgan fingerprint density at radius 1 is 1.12 bits per heavy atom. The molecule has 5 nitrogen and oxygen atoms in total. The monoisotopic (exact) mass is 358 g/mol. The molecule has 0 atom stereocenters. The van der Waals surface area contributed by atoms with Crippen LogP contribution in [0.15, 0.2) is 30.6 Å². The maximum atomic E-state index is 12.7. The Labute approximate surface area is 153 Å². The van der Waals surface area contributed by atoms with E-state index in [1.165, 1.54) is 0 Å². The van der Waals surface area contributed by atoms with Gasteiger partial charge in [-0.25, -0.2) is 0 Å². The number of pyridine rings is 1. The molecule has 0 saturated carbocycles. The van der Waals surface area contributed by atoms with Crippen LogP contribution in [0.5, 0.6) is 0 Å². The van der Waals surface area contributed by atoms with Gasteiger partial charge in [-0.1, -0.05) is 17.7 Å². The van der Waals surface area contributed by atoms with Crippen molar-refractivity contribution in [3.63, 3.8) is 0 Å². The zero-order chi connectivity index (χ0) is 18.0. The molecule has 25 heavy (non-hydrogen) atoms. The standard InChI is InChI=1S/C19H23ClN4O/c1-13-8-14(2)18(17(20)9-13)22-16-10-15(11-21-12-16)19(25)24-6-4-23(3)5-7-24/h8-12,22H,4-7H2,1-3H3. The largest absolute Gasteiger partial charge is 0.353 e. The molecule has 2 aromatic rings. The van der Waals surface area contributed by atoms with Crippen molar-refractivity contribution in [2.45, 2.75) is 13.8 Å². The number of nitrogens with zero attached hydrogens (tertiary/aromatic N) is 3. The van der Waals surface area contributed by atoms with Crippen LogP contribution >= 0.6 is 11.6 Å². The van der Waals surface area contributed by atoms with Gasteiger partial charge < -0.3 is 15.1 Å². The summed E-state index contributed by atoms with van der Waals surface area (Å²) in [6, 6.07) is 5.83. The number of aryl methyl sites for hydroxylation is 2. The van der Waals surface area contributed by atoms with Gasteiger partial charge in [-0.05, 0) is 44.2 Å². The Morgan fingerprint density at radius 2 is 1.84 bits per heavy atom. The maximum Gasteiger partial charge on any atom is 0.255 e.